The van der Waals surface area contributed by atoms with Crippen LogP contribution in [0.5, 0.6) is 0 Å². The van der Waals surface area contributed by atoms with Crippen LogP contribution in [0.1, 0.15) is 16.7 Å². The summed E-state index contributed by atoms with van der Waals surface area (Å²) in [5.74, 6) is 0. The number of aromatic nitrogens is 4. The van der Waals surface area contributed by atoms with E-state index in [-0.39, 0.29) is 33.3 Å². The Morgan fingerprint density at radius 2 is 1.82 bits per heavy atom. The van der Waals surface area contributed by atoms with Gasteiger partial charge in [0.2, 0.25) is 5.43 Å². The van der Waals surface area contributed by atoms with Crippen LogP contribution in [-0.4, -0.2) is 19.6 Å². The Morgan fingerprint density at radius 3 is 2.62 bits per heavy atom. The first-order valence-corrected chi connectivity index (χ1v) is 10.2. The number of aryl methyl sites for hydroxylation is 1. The molecule has 0 aliphatic rings. The molecule has 0 aliphatic heterocycles. The van der Waals surface area contributed by atoms with Crippen molar-refractivity contribution in [2.75, 3.05) is 0 Å². The third kappa shape index (κ3) is 2.52. The van der Waals surface area contributed by atoms with E-state index >= 15 is 0 Å². The number of nitriles is 2. The molecule has 9 nitrogen and oxygen atoms in total. The standard InChI is InChI=1S/C25H12N6O3/c1-12-6-7-19-14(8-12)22(32)17(11-34-19)20-15(9-26)24-29-23-21(13-4-2-3-5-18(13)28-23)30-31(24)25(33)16(20)10-27/h2-8,11H,1H3,(H,28,29). The zero-order chi connectivity index (χ0) is 23.6. The van der Waals surface area contributed by atoms with Crippen LogP contribution in [0.2, 0.25) is 0 Å². The number of para-hydroxylation sites is 1. The SMILES string of the molecule is Cc1ccc2occ(-c3c(C#N)c(=O)n4nc5c(nc4c3C#N)[nH]c3ccccc35)c(=O)c2c1. The van der Waals surface area contributed by atoms with Crippen LogP contribution >= 0.6 is 0 Å². The first-order chi connectivity index (χ1) is 16.5. The molecule has 0 radical (unpaired) electrons. The predicted molar refractivity (Wildman–Crippen MR) is 124 cm³/mol. The van der Waals surface area contributed by atoms with Crippen LogP contribution in [0.4, 0.5) is 0 Å². The van der Waals surface area contributed by atoms with Crippen molar-refractivity contribution in [3.63, 3.8) is 0 Å². The monoisotopic (exact) mass is 444 g/mol. The normalized spacial score (nSPS) is 11.3. The Kier molecular flexibility index (Phi) is 3.91. The number of hydrogen-bond acceptors (Lipinski definition) is 7. The Bertz CT molecular complexity index is 2050. The van der Waals surface area contributed by atoms with Crippen molar-refractivity contribution in [1.29, 1.82) is 10.5 Å². The Balaban J connectivity index is 1.80. The highest BCUT2D eigenvalue weighted by Crippen LogP contribution is 2.29. The Labute approximate surface area is 189 Å². The van der Waals surface area contributed by atoms with E-state index in [0.717, 1.165) is 21.0 Å². The first-order valence-electron chi connectivity index (χ1n) is 10.2. The zero-order valence-electron chi connectivity index (χ0n) is 17.6. The van der Waals surface area contributed by atoms with Crippen molar-refractivity contribution in [3.05, 3.63) is 86.0 Å². The lowest BCUT2D eigenvalue weighted by Crippen LogP contribution is -2.24. The molecule has 4 heterocycles. The van der Waals surface area contributed by atoms with Gasteiger partial charge in [-0.05, 0) is 25.1 Å². The molecule has 0 spiro atoms. The summed E-state index contributed by atoms with van der Waals surface area (Å²) in [6.07, 6.45) is 1.17. The molecule has 0 amide bonds. The topological polar surface area (TPSA) is 141 Å². The van der Waals surface area contributed by atoms with Crippen molar-refractivity contribution in [2.24, 2.45) is 0 Å². The summed E-state index contributed by atoms with van der Waals surface area (Å²) < 4.78 is 6.56. The molecule has 0 unspecified atom stereocenters. The third-order valence-electron chi connectivity index (χ3n) is 5.83. The van der Waals surface area contributed by atoms with Gasteiger partial charge in [0.05, 0.1) is 10.9 Å². The second-order valence-corrected chi connectivity index (χ2v) is 7.85. The molecule has 6 rings (SSSR count). The fourth-order valence-corrected chi connectivity index (χ4v) is 4.25. The maximum atomic E-state index is 13.4. The molecule has 0 fully saturated rings. The van der Waals surface area contributed by atoms with E-state index in [0.29, 0.717) is 16.7 Å². The van der Waals surface area contributed by atoms with Gasteiger partial charge in [0, 0.05) is 16.5 Å². The number of benzene rings is 2. The number of rotatable bonds is 1. The van der Waals surface area contributed by atoms with E-state index in [1.54, 1.807) is 18.2 Å². The minimum Gasteiger partial charge on any atom is -0.463 e. The maximum Gasteiger partial charge on any atom is 0.291 e. The number of fused-ring (bicyclic) bond motifs is 5. The summed E-state index contributed by atoms with van der Waals surface area (Å²) in [6, 6.07) is 16.3. The number of pyridine rings is 1. The summed E-state index contributed by atoms with van der Waals surface area (Å²) in [4.78, 5) is 34.3. The molecule has 4 aromatic heterocycles. The molecule has 9 heteroatoms. The van der Waals surface area contributed by atoms with Crippen molar-refractivity contribution in [1.82, 2.24) is 19.6 Å². The quantitative estimate of drug-likeness (QED) is 0.409. The smallest absolute Gasteiger partial charge is 0.291 e. The second kappa shape index (κ2) is 6.86. The highest BCUT2D eigenvalue weighted by molar-refractivity contribution is 6.03. The average molecular weight is 444 g/mol. The first kappa shape index (κ1) is 19.4. The fraction of sp³-hybridized carbons (Fsp3) is 0.0400. The molecule has 6 aromatic rings. The van der Waals surface area contributed by atoms with Gasteiger partial charge in [-0.25, -0.2) is 4.98 Å². The zero-order valence-corrected chi connectivity index (χ0v) is 17.6. The highest BCUT2D eigenvalue weighted by Gasteiger charge is 2.25. The van der Waals surface area contributed by atoms with E-state index in [9.17, 15) is 20.1 Å². The minimum absolute atomic E-state index is 0.0654. The van der Waals surface area contributed by atoms with Crippen molar-refractivity contribution in [2.45, 2.75) is 6.92 Å². The van der Waals surface area contributed by atoms with E-state index in [1.807, 2.05) is 43.3 Å². The van der Waals surface area contributed by atoms with Gasteiger partial charge in [-0.1, -0.05) is 29.8 Å². The van der Waals surface area contributed by atoms with Gasteiger partial charge in [-0.15, -0.1) is 0 Å². The molecule has 160 valence electrons. The minimum atomic E-state index is -0.782. The number of nitrogens with zero attached hydrogens (tertiary/aromatic N) is 5. The Hall–Kier alpha value is -5.28. The highest BCUT2D eigenvalue weighted by atomic mass is 16.3. The lowest BCUT2D eigenvalue weighted by Gasteiger charge is -2.10. The largest absolute Gasteiger partial charge is 0.463 e. The van der Waals surface area contributed by atoms with E-state index in [1.165, 1.54) is 6.26 Å². The van der Waals surface area contributed by atoms with Crippen LogP contribution < -0.4 is 11.0 Å². The molecule has 34 heavy (non-hydrogen) atoms. The van der Waals surface area contributed by atoms with Gasteiger partial charge in [0.1, 0.15) is 40.6 Å². The average Bonchev–Trinajstić information content (AvgIpc) is 3.21. The number of H-pyrrole nitrogens is 1. The van der Waals surface area contributed by atoms with Gasteiger partial charge in [0.15, 0.2) is 11.3 Å². The number of nitrogens with one attached hydrogen (secondary N) is 1. The van der Waals surface area contributed by atoms with E-state index in [2.05, 4.69) is 15.1 Å². The maximum absolute atomic E-state index is 13.4. The van der Waals surface area contributed by atoms with Crippen molar-refractivity contribution in [3.8, 4) is 23.3 Å². The van der Waals surface area contributed by atoms with Gasteiger partial charge >= 0.3 is 0 Å². The summed E-state index contributed by atoms with van der Waals surface area (Å²) in [5.41, 5.74) is 0.746. The Morgan fingerprint density at radius 1 is 1.03 bits per heavy atom. The molecule has 2 aromatic carbocycles. The fourth-order valence-electron chi connectivity index (χ4n) is 4.25. The second-order valence-electron chi connectivity index (χ2n) is 7.85. The van der Waals surface area contributed by atoms with Gasteiger partial charge in [-0.3, -0.25) is 9.59 Å². The summed E-state index contributed by atoms with van der Waals surface area (Å²) in [5, 5.41) is 25.4. The van der Waals surface area contributed by atoms with Gasteiger partial charge in [0.25, 0.3) is 5.56 Å². The third-order valence-corrected chi connectivity index (χ3v) is 5.83. The summed E-state index contributed by atoms with van der Waals surface area (Å²) in [7, 11) is 0. The predicted octanol–water partition coefficient (Wildman–Crippen LogP) is 3.55. The van der Waals surface area contributed by atoms with Crippen molar-refractivity contribution >= 4 is 38.7 Å². The summed E-state index contributed by atoms with van der Waals surface area (Å²) >= 11 is 0. The van der Waals surface area contributed by atoms with E-state index < -0.39 is 11.0 Å². The molecule has 0 bridgehead atoms. The van der Waals surface area contributed by atoms with Crippen molar-refractivity contribution < 1.29 is 4.42 Å². The summed E-state index contributed by atoms with van der Waals surface area (Å²) in [6.45, 7) is 1.83. The lowest BCUT2D eigenvalue weighted by molar-refractivity contribution is 0.604. The van der Waals surface area contributed by atoms with Crippen LogP contribution in [0, 0.1) is 29.6 Å². The molecule has 0 saturated heterocycles. The molecular weight excluding hydrogens is 432 g/mol. The van der Waals surface area contributed by atoms with Gasteiger partial charge < -0.3 is 9.40 Å². The van der Waals surface area contributed by atoms with E-state index in [4.69, 9.17) is 4.42 Å². The lowest BCUT2D eigenvalue weighted by atomic mass is 9.97. The number of aromatic amines is 1. The van der Waals surface area contributed by atoms with Crippen LogP contribution in [0.3, 0.4) is 0 Å². The number of hydrogen-bond donors (Lipinski definition) is 1. The molecule has 0 atom stereocenters. The molecule has 0 aliphatic carbocycles. The van der Waals surface area contributed by atoms with Crippen LogP contribution in [0.25, 0.3) is 49.8 Å². The molecule has 1 N–H and O–H groups in total. The van der Waals surface area contributed by atoms with Gasteiger partial charge in [-0.2, -0.15) is 20.1 Å². The van der Waals surface area contributed by atoms with Crippen LogP contribution in [-0.2, 0) is 0 Å². The molecular formula is C25H12N6O3. The molecule has 0 saturated carbocycles. The van der Waals surface area contributed by atoms with Crippen LogP contribution in [0.15, 0.2) is 62.7 Å².